The highest BCUT2D eigenvalue weighted by atomic mass is 35.5. The van der Waals surface area contributed by atoms with Crippen LogP contribution in [-0.2, 0) is 6.42 Å². The molecule has 0 saturated carbocycles. The van der Waals surface area contributed by atoms with Crippen LogP contribution in [0.4, 0.5) is 11.5 Å². The fraction of sp³-hybridized carbons (Fsp3) is 0.267. The molecule has 0 aliphatic carbocycles. The Labute approximate surface area is 118 Å². The van der Waals surface area contributed by atoms with E-state index in [-0.39, 0.29) is 0 Å². The molecule has 0 unspecified atom stereocenters. The minimum Gasteiger partial charge on any atom is -0.481 e. The van der Waals surface area contributed by atoms with E-state index < -0.39 is 0 Å². The van der Waals surface area contributed by atoms with Gasteiger partial charge in [-0.25, -0.2) is 0 Å². The third-order valence-corrected chi connectivity index (χ3v) is 3.34. The summed E-state index contributed by atoms with van der Waals surface area (Å²) in [6.45, 7) is 4.09. The number of hydrogen-bond donors (Lipinski definition) is 1. The molecule has 0 bridgehead atoms. The number of aromatic nitrogens is 1. The lowest BCUT2D eigenvalue weighted by atomic mass is 10.1. The van der Waals surface area contributed by atoms with Crippen molar-refractivity contribution in [2.45, 2.75) is 20.3 Å². The normalized spacial score (nSPS) is 10.3. The van der Waals surface area contributed by atoms with Crippen LogP contribution in [-0.4, -0.2) is 12.1 Å². The number of ether oxygens (including phenoxy) is 1. The van der Waals surface area contributed by atoms with Crippen molar-refractivity contribution in [1.82, 2.24) is 4.98 Å². The number of nitrogens with zero attached hydrogens (tertiary/aromatic N) is 1. The van der Waals surface area contributed by atoms with Gasteiger partial charge in [-0.05, 0) is 42.7 Å². The Hall–Kier alpha value is -1.74. The second-order valence-corrected chi connectivity index (χ2v) is 4.71. The number of halogens is 1. The molecule has 1 N–H and O–H groups in total. The number of pyridine rings is 1. The first-order valence-electron chi connectivity index (χ1n) is 6.21. The second-order valence-electron chi connectivity index (χ2n) is 4.30. The van der Waals surface area contributed by atoms with E-state index in [1.165, 1.54) is 0 Å². The predicted octanol–water partition coefficient (Wildman–Crippen LogP) is 4.36. The molecule has 100 valence electrons. The van der Waals surface area contributed by atoms with Crippen molar-refractivity contribution in [3.05, 3.63) is 46.5 Å². The Morgan fingerprint density at radius 1 is 1.26 bits per heavy atom. The van der Waals surface area contributed by atoms with Crippen molar-refractivity contribution in [3.8, 4) is 5.88 Å². The number of aryl methyl sites for hydroxylation is 2. The molecule has 4 heteroatoms. The van der Waals surface area contributed by atoms with Gasteiger partial charge in [0.15, 0.2) is 0 Å². The van der Waals surface area contributed by atoms with Gasteiger partial charge < -0.3 is 10.1 Å². The molecule has 0 amide bonds. The fourth-order valence-corrected chi connectivity index (χ4v) is 2.06. The van der Waals surface area contributed by atoms with Crippen molar-refractivity contribution in [2.24, 2.45) is 0 Å². The summed E-state index contributed by atoms with van der Waals surface area (Å²) in [5.74, 6) is 1.39. The fourth-order valence-electron chi connectivity index (χ4n) is 1.81. The Balaban J connectivity index is 2.30. The van der Waals surface area contributed by atoms with Crippen LogP contribution < -0.4 is 10.1 Å². The number of nitrogens with one attached hydrogen (secondary N) is 1. The summed E-state index contributed by atoms with van der Waals surface area (Å²) in [6.07, 6.45) is 0.902. The molecule has 0 aliphatic rings. The van der Waals surface area contributed by atoms with Gasteiger partial charge in [0, 0.05) is 16.8 Å². The second kappa shape index (κ2) is 5.93. The molecule has 3 nitrogen and oxygen atoms in total. The van der Waals surface area contributed by atoms with Crippen molar-refractivity contribution in [3.63, 3.8) is 0 Å². The minimum atomic E-state index is 0.595. The minimum absolute atomic E-state index is 0.595. The SMILES string of the molecule is CCc1cc(Nc2nc(OC)ccc2C)ccc1Cl. The average Bonchev–Trinajstić information content (AvgIpc) is 2.43. The van der Waals surface area contributed by atoms with Crippen LogP contribution in [0.1, 0.15) is 18.1 Å². The molecule has 1 aromatic heterocycles. The summed E-state index contributed by atoms with van der Waals surface area (Å²) < 4.78 is 5.14. The summed E-state index contributed by atoms with van der Waals surface area (Å²) in [5, 5.41) is 4.09. The molecule has 0 spiro atoms. The van der Waals surface area contributed by atoms with Crippen LogP contribution in [0.5, 0.6) is 5.88 Å². The zero-order chi connectivity index (χ0) is 13.8. The lowest BCUT2D eigenvalue weighted by Gasteiger charge is -2.11. The average molecular weight is 277 g/mol. The van der Waals surface area contributed by atoms with Crippen LogP contribution in [0.15, 0.2) is 30.3 Å². The van der Waals surface area contributed by atoms with E-state index in [4.69, 9.17) is 16.3 Å². The van der Waals surface area contributed by atoms with Crippen LogP contribution in [0, 0.1) is 6.92 Å². The molecule has 0 aliphatic heterocycles. The summed E-state index contributed by atoms with van der Waals surface area (Å²) in [6, 6.07) is 9.72. The maximum absolute atomic E-state index is 6.11. The molecular weight excluding hydrogens is 260 g/mol. The quantitative estimate of drug-likeness (QED) is 0.901. The van der Waals surface area contributed by atoms with Crippen molar-refractivity contribution >= 4 is 23.1 Å². The van der Waals surface area contributed by atoms with Crippen molar-refractivity contribution in [2.75, 3.05) is 12.4 Å². The topological polar surface area (TPSA) is 34.2 Å². The molecule has 0 saturated heterocycles. The summed E-state index contributed by atoms with van der Waals surface area (Å²) in [4.78, 5) is 4.40. The van der Waals surface area contributed by atoms with E-state index in [1.54, 1.807) is 7.11 Å². The van der Waals surface area contributed by atoms with E-state index in [9.17, 15) is 0 Å². The molecule has 1 aromatic carbocycles. The van der Waals surface area contributed by atoms with Crippen LogP contribution in [0.3, 0.4) is 0 Å². The highest BCUT2D eigenvalue weighted by Gasteiger charge is 2.05. The van der Waals surface area contributed by atoms with Gasteiger partial charge in [0.1, 0.15) is 5.82 Å². The summed E-state index contributed by atoms with van der Waals surface area (Å²) in [7, 11) is 1.61. The first-order valence-corrected chi connectivity index (χ1v) is 6.59. The number of benzene rings is 1. The molecule has 0 atom stereocenters. The van der Waals surface area contributed by atoms with Gasteiger partial charge in [-0.3, -0.25) is 0 Å². The lowest BCUT2D eigenvalue weighted by Crippen LogP contribution is -1.99. The lowest BCUT2D eigenvalue weighted by molar-refractivity contribution is 0.398. The van der Waals surface area contributed by atoms with E-state index >= 15 is 0 Å². The van der Waals surface area contributed by atoms with Gasteiger partial charge in [0.2, 0.25) is 5.88 Å². The van der Waals surface area contributed by atoms with Gasteiger partial charge in [0.05, 0.1) is 7.11 Å². The number of hydrogen-bond acceptors (Lipinski definition) is 3. The zero-order valence-corrected chi connectivity index (χ0v) is 12.1. The van der Waals surface area contributed by atoms with Crippen LogP contribution in [0.25, 0.3) is 0 Å². The standard InChI is InChI=1S/C15H17ClN2O/c1-4-11-9-12(6-7-13(11)16)17-15-10(2)5-8-14(18-15)19-3/h5-9H,4H2,1-3H3,(H,17,18). The predicted molar refractivity (Wildman–Crippen MR) is 79.6 cm³/mol. The Morgan fingerprint density at radius 2 is 2.05 bits per heavy atom. The largest absolute Gasteiger partial charge is 0.481 e. The van der Waals surface area contributed by atoms with E-state index in [2.05, 4.69) is 17.2 Å². The number of anilines is 2. The number of methoxy groups -OCH3 is 1. The molecule has 2 rings (SSSR count). The maximum atomic E-state index is 6.11. The Morgan fingerprint density at radius 3 is 2.74 bits per heavy atom. The van der Waals surface area contributed by atoms with E-state index in [1.807, 2.05) is 37.3 Å². The van der Waals surface area contributed by atoms with Crippen molar-refractivity contribution in [1.29, 1.82) is 0 Å². The third kappa shape index (κ3) is 3.18. The number of rotatable bonds is 4. The van der Waals surface area contributed by atoms with Crippen LogP contribution >= 0.6 is 11.6 Å². The zero-order valence-electron chi connectivity index (χ0n) is 11.3. The first kappa shape index (κ1) is 13.7. The Kier molecular flexibility index (Phi) is 4.27. The highest BCUT2D eigenvalue weighted by molar-refractivity contribution is 6.31. The monoisotopic (exact) mass is 276 g/mol. The maximum Gasteiger partial charge on any atom is 0.214 e. The highest BCUT2D eigenvalue weighted by Crippen LogP contribution is 2.25. The van der Waals surface area contributed by atoms with E-state index in [0.29, 0.717) is 5.88 Å². The molecule has 19 heavy (non-hydrogen) atoms. The van der Waals surface area contributed by atoms with Crippen LogP contribution in [0.2, 0.25) is 5.02 Å². The summed E-state index contributed by atoms with van der Waals surface area (Å²) in [5.41, 5.74) is 3.16. The van der Waals surface area contributed by atoms with Gasteiger partial charge in [-0.2, -0.15) is 4.98 Å². The first-order chi connectivity index (χ1) is 9.13. The van der Waals surface area contributed by atoms with Gasteiger partial charge in [-0.15, -0.1) is 0 Å². The van der Waals surface area contributed by atoms with Gasteiger partial charge in [-0.1, -0.05) is 24.6 Å². The van der Waals surface area contributed by atoms with Gasteiger partial charge >= 0.3 is 0 Å². The molecule has 0 radical (unpaired) electrons. The molecule has 2 aromatic rings. The smallest absolute Gasteiger partial charge is 0.214 e. The van der Waals surface area contributed by atoms with Crippen molar-refractivity contribution < 1.29 is 4.74 Å². The third-order valence-electron chi connectivity index (χ3n) is 2.97. The molecule has 0 fully saturated rings. The molecule has 1 heterocycles. The molecular formula is C15H17ClN2O. The van der Waals surface area contributed by atoms with E-state index in [0.717, 1.165) is 34.1 Å². The van der Waals surface area contributed by atoms with Gasteiger partial charge in [0.25, 0.3) is 0 Å². The Bertz CT molecular complexity index is 584. The summed E-state index contributed by atoms with van der Waals surface area (Å²) >= 11 is 6.11.